The van der Waals surface area contributed by atoms with Crippen LogP contribution in [0.1, 0.15) is 15.9 Å². The Morgan fingerprint density at radius 3 is 2.81 bits per heavy atom. The zero-order valence-corrected chi connectivity index (χ0v) is 10.2. The number of hydrogen-bond acceptors (Lipinski definition) is 2. The van der Waals surface area contributed by atoms with Gasteiger partial charge in [0.25, 0.3) is 5.91 Å². The van der Waals surface area contributed by atoms with Crippen LogP contribution < -0.4 is 5.32 Å². The quantitative estimate of drug-likeness (QED) is 0.888. The predicted octanol–water partition coefficient (Wildman–Crippen LogP) is 2.73. The number of halogens is 1. The molecule has 0 saturated heterocycles. The molecule has 1 aromatic carbocycles. The molecule has 5 heteroatoms. The van der Waals surface area contributed by atoms with E-state index in [2.05, 4.69) is 31.4 Å². The second-order valence-electron chi connectivity index (χ2n) is 3.36. The molecule has 0 aliphatic rings. The molecule has 0 unspecified atom stereocenters. The summed E-state index contributed by atoms with van der Waals surface area (Å²) in [5.41, 5.74) is 1.50. The molecule has 0 saturated carbocycles. The SMILES string of the molecule is Cc1cn[nH]c1NC(=O)c1ccccc1Br. The normalized spacial score (nSPS) is 10.1. The Kier molecular flexibility index (Phi) is 3.05. The summed E-state index contributed by atoms with van der Waals surface area (Å²) < 4.78 is 0.768. The fraction of sp³-hybridized carbons (Fsp3) is 0.0909. The average molecular weight is 280 g/mol. The Morgan fingerprint density at radius 2 is 2.19 bits per heavy atom. The van der Waals surface area contributed by atoms with Gasteiger partial charge in [0.15, 0.2) is 0 Å². The van der Waals surface area contributed by atoms with E-state index >= 15 is 0 Å². The van der Waals surface area contributed by atoms with Gasteiger partial charge in [0.2, 0.25) is 0 Å². The number of carbonyl (C=O) groups excluding carboxylic acids is 1. The maximum atomic E-state index is 11.9. The van der Waals surface area contributed by atoms with E-state index in [1.54, 1.807) is 12.3 Å². The third kappa shape index (κ3) is 2.14. The van der Waals surface area contributed by atoms with Crippen molar-refractivity contribution in [3.05, 3.63) is 46.1 Å². The van der Waals surface area contributed by atoms with Crippen molar-refractivity contribution in [3.8, 4) is 0 Å². The number of benzene rings is 1. The molecule has 4 nitrogen and oxygen atoms in total. The molecule has 0 fully saturated rings. The first-order valence-corrected chi connectivity index (χ1v) is 5.53. The summed E-state index contributed by atoms with van der Waals surface area (Å²) in [6.45, 7) is 1.87. The van der Waals surface area contributed by atoms with Crippen LogP contribution in [0.5, 0.6) is 0 Å². The molecule has 1 heterocycles. The van der Waals surface area contributed by atoms with Gasteiger partial charge in [-0.3, -0.25) is 9.89 Å². The summed E-state index contributed by atoms with van der Waals surface area (Å²) in [7, 11) is 0. The molecule has 0 aliphatic heterocycles. The van der Waals surface area contributed by atoms with Gasteiger partial charge in [0.05, 0.1) is 11.8 Å². The van der Waals surface area contributed by atoms with Gasteiger partial charge in [-0.25, -0.2) is 0 Å². The first kappa shape index (κ1) is 10.9. The van der Waals surface area contributed by atoms with Crippen LogP contribution in [0.15, 0.2) is 34.9 Å². The summed E-state index contributed by atoms with van der Waals surface area (Å²) in [5, 5.41) is 9.33. The number of anilines is 1. The minimum Gasteiger partial charge on any atom is -0.307 e. The fourth-order valence-electron chi connectivity index (χ4n) is 1.30. The van der Waals surface area contributed by atoms with Gasteiger partial charge in [-0.05, 0) is 35.0 Å². The monoisotopic (exact) mass is 279 g/mol. The first-order valence-electron chi connectivity index (χ1n) is 4.74. The summed E-state index contributed by atoms with van der Waals surface area (Å²) in [4.78, 5) is 11.9. The molecule has 0 radical (unpaired) electrons. The Bertz CT molecular complexity index is 521. The third-order valence-electron chi connectivity index (χ3n) is 2.19. The molecule has 0 spiro atoms. The van der Waals surface area contributed by atoms with Gasteiger partial charge in [0, 0.05) is 10.0 Å². The topological polar surface area (TPSA) is 57.8 Å². The largest absolute Gasteiger partial charge is 0.307 e. The van der Waals surface area contributed by atoms with Crippen LogP contribution in [-0.4, -0.2) is 16.1 Å². The number of aryl methyl sites for hydroxylation is 1. The lowest BCUT2D eigenvalue weighted by atomic mass is 10.2. The standard InChI is InChI=1S/C11H10BrN3O/c1-7-6-13-15-10(7)14-11(16)8-4-2-3-5-9(8)12/h2-6H,1H3,(H2,13,14,15,16). The third-order valence-corrected chi connectivity index (χ3v) is 2.88. The molecule has 0 aliphatic carbocycles. The second kappa shape index (κ2) is 4.49. The molecule has 1 aromatic heterocycles. The minimum atomic E-state index is -0.167. The van der Waals surface area contributed by atoms with E-state index in [1.807, 2.05) is 25.1 Å². The van der Waals surface area contributed by atoms with Crippen LogP contribution in [0, 0.1) is 6.92 Å². The van der Waals surface area contributed by atoms with E-state index in [4.69, 9.17) is 0 Å². The van der Waals surface area contributed by atoms with Crippen LogP contribution in [0.4, 0.5) is 5.82 Å². The van der Waals surface area contributed by atoms with E-state index in [0.29, 0.717) is 11.4 Å². The number of H-pyrrole nitrogens is 1. The second-order valence-corrected chi connectivity index (χ2v) is 4.22. The highest BCUT2D eigenvalue weighted by atomic mass is 79.9. The molecule has 82 valence electrons. The highest BCUT2D eigenvalue weighted by molar-refractivity contribution is 9.10. The van der Waals surface area contributed by atoms with E-state index in [0.717, 1.165) is 10.0 Å². The fourth-order valence-corrected chi connectivity index (χ4v) is 1.76. The van der Waals surface area contributed by atoms with Crippen LogP contribution in [0.25, 0.3) is 0 Å². The van der Waals surface area contributed by atoms with E-state index in [-0.39, 0.29) is 5.91 Å². The molecule has 2 aromatic rings. The van der Waals surface area contributed by atoms with Gasteiger partial charge in [-0.15, -0.1) is 0 Å². The maximum Gasteiger partial charge on any atom is 0.257 e. The zero-order chi connectivity index (χ0) is 11.5. The van der Waals surface area contributed by atoms with Gasteiger partial charge >= 0.3 is 0 Å². The lowest BCUT2D eigenvalue weighted by molar-refractivity contribution is 0.102. The van der Waals surface area contributed by atoms with Gasteiger partial charge in [-0.2, -0.15) is 5.10 Å². The van der Waals surface area contributed by atoms with Gasteiger partial charge in [-0.1, -0.05) is 12.1 Å². The molecule has 0 atom stereocenters. The van der Waals surface area contributed by atoms with Crippen molar-refractivity contribution in [3.63, 3.8) is 0 Å². The summed E-state index contributed by atoms with van der Waals surface area (Å²) in [6.07, 6.45) is 1.66. The number of nitrogens with one attached hydrogen (secondary N) is 2. The van der Waals surface area contributed by atoms with Crippen molar-refractivity contribution in [2.75, 3.05) is 5.32 Å². The number of carbonyl (C=O) groups is 1. The molecule has 2 N–H and O–H groups in total. The molecular formula is C11H10BrN3O. The van der Waals surface area contributed by atoms with E-state index in [9.17, 15) is 4.79 Å². The predicted molar refractivity (Wildman–Crippen MR) is 65.4 cm³/mol. The molecule has 16 heavy (non-hydrogen) atoms. The van der Waals surface area contributed by atoms with Gasteiger partial charge < -0.3 is 5.32 Å². The zero-order valence-electron chi connectivity index (χ0n) is 8.62. The van der Waals surface area contributed by atoms with Crippen molar-refractivity contribution in [2.24, 2.45) is 0 Å². The van der Waals surface area contributed by atoms with Crippen LogP contribution >= 0.6 is 15.9 Å². The Labute approximate surface area is 101 Å². The first-order chi connectivity index (χ1) is 7.68. The molecule has 2 rings (SSSR count). The van der Waals surface area contributed by atoms with Crippen molar-refractivity contribution >= 4 is 27.7 Å². The average Bonchev–Trinajstić information content (AvgIpc) is 2.65. The van der Waals surface area contributed by atoms with Crippen LogP contribution in [0.3, 0.4) is 0 Å². The Morgan fingerprint density at radius 1 is 1.44 bits per heavy atom. The van der Waals surface area contributed by atoms with Crippen molar-refractivity contribution in [1.82, 2.24) is 10.2 Å². The van der Waals surface area contributed by atoms with Gasteiger partial charge in [0.1, 0.15) is 5.82 Å². The summed E-state index contributed by atoms with van der Waals surface area (Å²) >= 11 is 3.33. The van der Waals surface area contributed by atoms with Crippen LogP contribution in [0.2, 0.25) is 0 Å². The Hall–Kier alpha value is -1.62. The lowest BCUT2D eigenvalue weighted by Crippen LogP contribution is -2.13. The number of aromatic nitrogens is 2. The highest BCUT2D eigenvalue weighted by Gasteiger charge is 2.11. The number of nitrogens with zero attached hydrogens (tertiary/aromatic N) is 1. The highest BCUT2D eigenvalue weighted by Crippen LogP contribution is 2.18. The number of amides is 1. The lowest BCUT2D eigenvalue weighted by Gasteiger charge is -2.05. The van der Waals surface area contributed by atoms with E-state index < -0.39 is 0 Å². The summed E-state index contributed by atoms with van der Waals surface area (Å²) in [6, 6.07) is 7.27. The molecule has 1 amide bonds. The molecular weight excluding hydrogens is 270 g/mol. The van der Waals surface area contributed by atoms with Crippen LogP contribution in [-0.2, 0) is 0 Å². The summed E-state index contributed by atoms with van der Waals surface area (Å²) in [5.74, 6) is 0.459. The smallest absolute Gasteiger partial charge is 0.257 e. The van der Waals surface area contributed by atoms with E-state index in [1.165, 1.54) is 0 Å². The maximum absolute atomic E-state index is 11.9. The minimum absolute atomic E-state index is 0.167. The number of hydrogen-bond donors (Lipinski definition) is 2. The number of rotatable bonds is 2. The van der Waals surface area contributed by atoms with Crippen molar-refractivity contribution in [2.45, 2.75) is 6.92 Å². The number of aromatic amines is 1. The Balaban J connectivity index is 2.22. The van der Waals surface area contributed by atoms with Crippen molar-refractivity contribution < 1.29 is 4.79 Å². The van der Waals surface area contributed by atoms with Crippen molar-refractivity contribution in [1.29, 1.82) is 0 Å². The molecule has 0 bridgehead atoms.